The summed E-state index contributed by atoms with van der Waals surface area (Å²) < 4.78 is 1.14. The van der Waals surface area contributed by atoms with Gasteiger partial charge in [0.05, 0.1) is 0 Å². The zero-order valence-electron chi connectivity index (χ0n) is 15.9. The maximum absolute atomic E-state index is 11.3. The normalized spacial score (nSPS) is 21.8. The molecule has 0 bridgehead atoms. The smallest absolute Gasteiger partial charge is 0.217 e. The Bertz CT molecular complexity index is 678. The van der Waals surface area contributed by atoms with Crippen molar-refractivity contribution in [3.8, 4) is 0 Å². The topological polar surface area (TPSA) is 70.7 Å². The number of benzene rings is 1. The summed E-state index contributed by atoms with van der Waals surface area (Å²) in [6.07, 6.45) is 6.30. The van der Waals surface area contributed by atoms with Crippen molar-refractivity contribution < 1.29 is 4.79 Å². The number of rotatable bonds is 5. The van der Waals surface area contributed by atoms with Crippen LogP contribution in [0.3, 0.4) is 0 Å². The lowest BCUT2D eigenvalue weighted by atomic mass is 9.64. The highest BCUT2D eigenvalue weighted by atomic mass is 127. The Kier molecular flexibility index (Phi) is 8.39. The van der Waals surface area contributed by atoms with Gasteiger partial charge < -0.3 is 16.0 Å². The highest BCUT2D eigenvalue weighted by molar-refractivity contribution is 14.0. The first-order chi connectivity index (χ1) is 12.5. The van der Waals surface area contributed by atoms with Gasteiger partial charge in [0.1, 0.15) is 0 Å². The number of nitrogens with zero attached hydrogens (tertiary/aromatic N) is 2. The second kappa shape index (κ2) is 10.1. The summed E-state index contributed by atoms with van der Waals surface area (Å²) in [6, 6.07) is 8.67. The van der Waals surface area contributed by atoms with Gasteiger partial charge in [-0.15, -0.1) is 24.0 Å². The number of carbonyl (C=O) groups is 1. The van der Waals surface area contributed by atoms with Crippen molar-refractivity contribution in [2.45, 2.75) is 43.9 Å². The van der Waals surface area contributed by atoms with E-state index in [1.165, 1.54) is 24.8 Å². The van der Waals surface area contributed by atoms with Crippen molar-refractivity contribution in [1.29, 1.82) is 0 Å². The standard InChI is InChI=1S/C20H29BrN4O.HI/c1-23-19(25-10-3-5-15(13-25)11-18(22)26)24-14-20(8-4-9-20)16-6-2-7-17(21)12-16;/h2,6-7,12,15H,3-5,8-11,13-14H2,1H3,(H2,22,26)(H,23,24);1H. The largest absolute Gasteiger partial charge is 0.370 e. The molecule has 1 saturated heterocycles. The zero-order chi connectivity index (χ0) is 18.6. The third kappa shape index (κ3) is 5.59. The molecule has 1 aliphatic carbocycles. The summed E-state index contributed by atoms with van der Waals surface area (Å²) >= 11 is 3.60. The number of aliphatic imine (C=N–C) groups is 1. The van der Waals surface area contributed by atoms with Crippen LogP contribution in [0.1, 0.15) is 44.1 Å². The van der Waals surface area contributed by atoms with Crippen LogP contribution in [0.2, 0.25) is 0 Å². The summed E-state index contributed by atoms with van der Waals surface area (Å²) in [7, 11) is 1.84. The first-order valence-electron chi connectivity index (χ1n) is 9.52. The Hall–Kier alpha value is -0.830. The number of carbonyl (C=O) groups excluding carboxylic acids is 1. The van der Waals surface area contributed by atoms with Gasteiger partial charge in [-0.2, -0.15) is 0 Å². The van der Waals surface area contributed by atoms with Crippen molar-refractivity contribution in [2.24, 2.45) is 16.6 Å². The number of hydrogen-bond acceptors (Lipinski definition) is 2. The first kappa shape index (κ1) is 22.5. The summed E-state index contributed by atoms with van der Waals surface area (Å²) in [5.74, 6) is 1.07. The Morgan fingerprint density at radius 2 is 2.19 bits per heavy atom. The molecule has 1 heterocycles. The maximum atomic E-state index is 11.3. The molecule has 1 unspecified atom stereocenters. The van der Waals surface area contributed by atoms with Crippen LogP contribution in [0, 0.1) is 5.92 Å². The van der Waals surface area contributed by atoms with E-state index in [9.17, 15) is 4.79 Å². The van der Waals surface area contributed by atoms with Crippen molar-refractivity contribution in [3.05, 3.63) is 34.3 Å². The van der Waals surface area contributed by atoms with Crippen LogP contribution in [-0.4, -0.2) is 43.4 Å². The van der Waals surface area contributed by atoms with Crippen LogP contribution in [0.5, 0.6) is 0 Å². The van der Waals surface area contributed by atoms with Crippen molar-refractivity contribution >= 4 is 51.8 Å². The van der Waals surface area contributed by atoms with Gasteiger partial charge in [-0.25, -0.2) is 0 Å². The number of guanidine groups is 1. The molecule has 1 aromatic rings. The van der Waals surface area contributed by atoms with Gasteiger partial charge in [-0.05, 0) is 49.3 Å². The van der Waals surface area contributed by atoms with Crippen LogP contribution in [0.15, 0.2) is 33.7 Å². The second-order valence-electron chi connectivity index (χ2n) is 7.67. The van der Waals surface area contributed by atoms with Crippen LogP contribution >= 0.6 is 39.9 Å². The zero-order valence-corrected chi connectivity index (χ0v) is 19.8. The fraction of sp³-hybridized carbons (Fsp3) is 0.600. The highest BCUT2D eigenvalue weighted by Crippen LogP contribution is 2.43. The number of hydrogen-bond donors (Lipinski definition) is 2. The Morgan fingerprint density at radius 3 is 2.78 bits per heavy atom. The predicted molar refractivity (Wildman–Crippen MR) is 125 cm³/mol. The van der Waals surface area contributed by atoms with E-state index in [4.69, 9.17) is 5.73 Å². The van der Waals surface area contributed by atoms with E-state index in [1.807, 2.05) is 7.05 Å². The maximum Gasteiger partial charge on any atom is 0.217 e. The predicted octanol–water partition coefficient (Wildman–Crippen LogP) is 3.65. The van der Waals surface area contributed by atoms with Crippen molar-refractivity contribution in [1.82, 2.24) is 10.2 Å². The average molecular weight is 549 g/mol. The van der Waals surface area contributed by atoms with Crippen LogP contribution in [0.25, 0.3) is 0 Å². The molecule has 0 spiro atoms. The van der Waals surface area contributed by atoms with E-state index in [1.54, 1.807) is 0 Å². The van der Waals surface area contributed by atoms with Gasteiger partial charge >= 0.3 is 0 Å². The van der Waals surface area contributed by atoms with E-state index in [-0.39, 0.29) is 35.3 Å². The lowest BCUT2D eigenvalue weighted by Gasteiger charge is -2.44. The molecule has 2 aliphatic rings. The summed E-state index contributed by atoms with van der Waals surface area (Å²) in [4.78, 5) is 18.0. The molecular weight excluding hydrogens is 519 g/mol. The minimum Gasteiger partial charge on any atom is -0.370 e. The van der Waals surface area contributed by atoms with E-state index in [2.05, 4.69) is 55.4 Å². The van der Waals surface area contributed by atoms with Crippen molar-refractivity contribution in [3.63, 3.8) is 0 Å². The highest BCUT2D eigenvalue weighted by Gasteiger charge is 2.39. The molecule has 1 saturated carbocycles. The summed E-state index contributed by atoms with van der Waals surface area (Å²) in [5.41, 5.74) is 6.98. The Balaban J connectivity index is 0.00000261. The molecule has 5 nitrogen and oxygen atoms in total. The molecule has 3 rings (SSSR count). The lowest BCUT2D eigenvalue weighted by Crippen LogP contribution is -2.52. The SMILES string of the molecule is CN=C(NCC1(c2cccc(Br)c2)CCC1)N1CCCC(CC(N)=O)C1.I. The molecule has 1 aliphatic heterocycles. The van der Waals surface area contributed by atoms with E-state index < -0.39 is 0 Å². The molecule has 0 radical (unpaired) electrons. The fourth-order valence-electron chi connectivity index (χ4n) is 4.28. The number of likely N-dealkylation sites (tertiary alicyclic amines) is 1. The fourth-order valence-corrected chi connectivity index (χ4v) is 4.68. The number of nitrogens with one attached hydrogen (secondary N) is 1. The first-order valence-corrected chi connectivity index (χ1v) is 10.3. The number of primary amides is 1. The molecule has 3 N–H and O–H groups in total. The second-order valence-corrected chi connectivity index (χ2v) is 8.59. The summed E-state index contributed by atoms with van der Waals surface area (Å²) in [5, 5.41) is 3.62. The molecule has 0 aromatic heterocycles. The Morgan fingerprint density at radius 1 is 1.41 bits per heavy atom. The van der Waals surface area contributed by atoms with Crippen LogP contribution < -0.4 is 11.1 Å². The number of piperidine rings is 1. The molecule has 7 heteroatoms. The van der Waals surface area contributed by atoms with Gasteiger partial charge in [0.25, 0.3) is 0 Å². The Labute approximate surface area is 187 Å². The van der Waals surface area contributed by atoms with Gasteiger partial charge in [0.2, 0.25) is 5.91 Å². The van der Waals surface area contributed by atoms with E-state index in [0.717, 1.165) is 42.9 Å². The van der Waals surface area contributed by atoms with Crippen LogP contribution in [0.4, 0.5) is 0 Å². The number of halogens is 2. The van der Waals surface area contributed by atoms with Gasteiger partial charge in [-0.3, -0.25) is 9.79 Å². The minimum absolute atomic E-state index is 0. The lowest BCUT2D eigenvalue weighted by molar-refractivity contribution is -0.119. The average Bonchev–Trinajstić information content (AvgIpc) is 2.57. The third-order valence-electron chi connectivity index (χ3n) is 5.85. The van der Waals surface area contributed by atoms with Gasteiger partial charge in [0.15, 0.2) is 5.96 Å². The molecule has 2 fully saturated rings. The number of nitrogens with two attached hydrogens (primary N) is 1. The van der Waals surface area contributed by atoms with E-state index in [0.29, 0.717) is 12.3 Å². The molecule has 27 heavy (non-hydrogen) atoms. The number of amides is 1. The molecule has 1 aromatic carbocycles. The summed E-state index contributed by atoms with van der Waals surface area (Å²) in [6.45, 7) is 2.73. The monoisotopic (exact) mass is 548 g/mol. The van der Waals surface area contributed by atoms with Gasteiger partial charge in [-0.1, -0.05) is 34.5 Å². The molecule has 150 valence electrons. The molecular formula is C20H30BrIN4O. The van der Waals surface area contributed by atoms with Crippen LogP contribution in [-0.2, 0) is 10.2 Å². The minimum atomic E-state index is -0.206. The van der Waals surface area contributed by atoms with Gasteiger partial charge in [0, 0.05) is 43.0 Å². The van der Waals surface area contributed by atoms with E-state index >= 15 is 0 Å². The molecule has 1 amide bonds. The van der Waals surface area contributed by atoms with Crippen molar-refractivity contribution in [2.75, 3.05) is 26.7 Å². The quantitative estimate of drug-likeness (QED) is 0.335. The molecule has 1 atom stereocenters. The third-order valence-corrected chi connectivity index (χ3v) is 6.35.